The molecule has 0 aliphatic heterocycles. The normalized spacial score (nSPS) is 18.0. The second kappa shape index (κ2) is 6.55. The van der Waals surface area contributed by atoms with Gasteiger partial charge in [-0.25, -0.2) is 12.8 Å². The first-order valence-corrected chi connectivity index (χ1v) is 13.1. The summed E-state index contributed by atoms with van der Waals surface area (Å²) in [6.45, 7) is 10.4. The zero-order chi connectivity index (χ0) is 18.3. The van der Waals surface area contributed by atoms with E-state index in [-0.39, 0.29) is 5.04 Å². The van der Waals surface area contributed by atoms with Crippen molar-refractivity contribution in [1.82, 2.24) is 9.29 Å². The van der Waals surface area contributed by atoms with E-state index in [0.29, 0.717) is 16.9 Å². The Kier molecular flexibility index (Phi) is 5.36. The zero-order valence-electron chi connectivity index (χ0n) is 16.1. The van der Waals surface area contributed by atoms with E-state index >= 15 is 0 Å². The molecule has 1 atom stereocenters. The summed E-state index contributed by atoms with van der Waals surface area (Å²) in [4.78, 5) is 2.60. The van der Waals surface area contributed by atoms with Crippen LogP contribution in [0.25, 0.3) is 0 Å². The molecule has 1 unspecified atom stereocenters. The van der Waals surface area contributed by atoms with E-state index in [1.807, 2.05) is 12.1 Å². The lowest BCUT2D eigenvalue weighted by Gasteiger charge is -2.36. The summed E-state index contributed by atoms with van der Waals surface area (Å²) in [5, 5.41) is -0.0397. The van der Waals surface area contributed by atoms with Crippen molar-refractivity contribution < 1.29 is 8.42 Å². The average Bonchev–Trinajstić information content (AvgIpc) is 3.21. The lowest BCUT2D eigenvalue weighted by atomic mass is 10.0. The van der Waals surface area contributed by atoms with Crippen LogP contribution in [0, 0.1) is 5.92 Å². The van der Waals surface area contributed by atoms with E-state index in [9.17, 15) is 8.42 Å². The molecule has 1 N–H and O–H groups in total. The van der Waals surface area contributed by atoms with Gasteiger partial charge in [0.25, 0.3) is 0 Å². The van der Waals surface area contributed by atoms with Gasteiger partial charge in [-0.2, -0.15) is 0 Å². The molecule has 24 heavy (non-hydrogen) atoms. The van der Waals surface area contributed by atoms with Crippen molar-refractivity contribution >= 4 is 18.3 Å². The van der Waals surface area contributed by atoms with E-state index in [1.165, 1.54) is 18.4 Å². The minimum atomic E-state index is -3.47. The average molecular weight is 369 g/mol. The fourth-order valence-corrected chi connectivity index (χ4v) is 7.67. The third-order valence-corrected chi connectivity index (χ3v) is 13.2. The van der Waals surface area contributed by atoms with E-state index in [1.54, 1.807) is 12.1 Å². The maximum atomic E-state index is 12.8. The molecule has 2 rings (SSSR count). The quantitative estimate of drug-likeness (QED) is 0.773. The van der Waals surface area contributed by atoms with Crippen molar-refractivity contribution in [2.45, 2.75) is 62.7 Å². The Morgan fingerprint density at radius 2 is 1.62 bits per heavy atom. The fourth-order valence-electron chi connectivity index (χ4n) is 2.80. The highest BCUT2D eigenvalue weighted by molar-refractivity contribution is 7.91. The lowest BCUT2D eigenvalue weighted by Crippen LogP contribution is -2.54. The number of benzene rings is 1. The van der Waals surface area contributed by atoms with Crippen molar-refractivity contribution in [2.24, 2.45) is 5.92 Å². The Balaban J connectivity index is 2.23. The highest BCUT2D eigenvalue weighted by atomic mass is 32.2. The van der Waals surface area contributed by atoms with Gasteiger partial charge < -0.3 is 4.90 Å². The monoisotopic (exact) mass is 368 g/mol. The smallest absolute Gasteiger partial charge is 0.234 e. The molecule has 0 bridgehead atoms. The number of hydrogen-bond acceptors (Lipinski definition) is 3. The van der Waals surface area contributed by atoms with Crippen molar-refractivity contribution in [2.75, 3.05) is 14.1 Å². The molecule has 0 spiro atoms. The summed E-state index contributed by atoms with van der Waals surface area (Å²) in [7, 11) is -1.42. The SMILES string of the molecule is CN(C)C(c1ccc(S(=O)(=O)N[Si](C)(C)C(C)(C)C)cc1)C1CC1. The Morgan fingerprint density at radius 1 is 1.12 bits per heavy atom. The molecule has 1 aliphatic carbocycles. The van der Waals surface area contributed by atoms with Crippen LogP contribution in [0.1, 0.15) is 45.2 Å². The Labute approximate surface area is 148 Å². The highest BCUT2D eigenvalue weighted by Crippen LogP contribution is 2.43. The number of nitrogens with one attached hydrogen (secondary N) is 1. The van der Waals surface area contributed by atoms with Crippen LogP contribution in [0.15, 0.2) is 29.2 Å². The molecule has 0 radical (unpaired) electrons. The minimum Gasteiger partial charge on any atom is -0.302 e. The second-order valence-corrected chi connectivity index (χ2v) is 15.8. The predicted octanol–water partition coefficient (Wildman–Crippen LogP) is 3.98. The van der Waals surface area contributed by atoms with Gasteiger partial charge >= 0.3 is 0 Å². The van der Waals surface area contributed by atoms with Crippen LogP contribution in [0.3, 0.4) is 0 Å². The van der Waals surface area contributed by atoms with Gasteiger partial charge in [0, 0.05) is 6.04 Å². The van der Waals surface area contributed by atoms with E-state index < -0.39 is 18.3 Å². The Hall–Kier alpha value is -0.693. The molecule has 0 saturated heterocycles. The van der Waals surface area contributed by atoms with Gasteiger partial charge in [-0.15, -0.1) is 0 Å². The first-order chi connectivity index (χ1) is 10.8. The number of sulfonamides is 1. The minimum absolute atomic E-state index is 0.0397. The molecule has 1 fully saturated rings. The summed E-state index contributed by atoms with van der Waals surface area (Å²) in [5.74, 6) is 0.702. The largest absolute Gasteiger partial charge is 0.302 e. The predicted molar refractivity (Wildman–Crippen MR) is 103 cm³/mol. The summed E-state index contributed by atoms with van der Waals surface area (Å²) in [5.41, 5.74) is 1.20. The summed E-state index contributed by atoms with van der Waals surface area (Å²) >= 11 is 0. The molecule has 4 nitrogen and oxygen atoms in total. The van der Waals surface area contributed by atoms with Crippen LogP contribution in [0.2, 0.25) is 18.1 Å². The van der Waals surface area contributed by atoms with Crippen molar-refractivity contribution in [1.29, 1.82) is 0 Å². The standard InChI is InChI=1S/C18H32N2O2SSi/c1-18(2,3)24(6,7)19-23(21,22)16-12-10-15(11-13-16)17(20(4)5)14-8-9-14/h10-14,17,19H,8-9H2,1-7H3. The third kappa shape index (κ3) is 4.28. The van der Waals surface area contributed by atoms with Crippen LogP contribution in [-0.4, -0.2) is 35.6 Å². The molecule has 0 aromatic heterocycles. The molecule has 0 heterocycles. The van der Waals surface area contributed by atoms with E-state index in [4.69, 9.17) is 0 Å². The van der Waals surface area contributed by atoms with Gasteiger partial charge in [0.2, 0.25) is 10.0 Å². The van der Waals surface area contributed by atoms with Gasteiger partial charge in [-0.1, -0.05) is 46.0 Å². The Bertz CT molecular complexity index is 670. The molecule has 6 heteroatoms. The second-order valence-electron chi connectivity index (χ2n) is 8.80. The molecule has 1 aliphatic rings. The van der Waals surface area contributed by atoms with Gasteiger partial charge in [-0.05, 0) is 55.6 Å². The maximum absolute atomic E-state index is 12.8. The maximum Gasteiger partial charge on any atom is 0.234 e. The number of hydrogen-bond donors (Lipinski definition) is 1. The molecule has 1 aromatic carbocycles. The van der Waals surface area contributed by atoms with Crippen LogP contribution >= 0.6 is 0 Å². The van der Waals surface area contributed by atoms with Crippen LogP contribution < -0.4 is 4.39 Å². The van der Waals surface area contributed by atoms with Gasteiger partial charge in [0.05, 0.1) is 4.90 Å². The van der Waals surface area contributed by atoms with E-state index in [2.05, 4.69) is 57.2 Å². The van der Waals surface area contributed by atoms with Crippen molar-refractivity contribution in [3.63, 3.8) is 0 Å². The molecule has 1 saturated carbocycles. The first kappa shape index (κ1) is 19.6. The first-order valence-electron chi connectivity index (χ1n) is 8.65. The lowest BCUT2D eigenvalue weighted by molar-refractivity contribution is 0.269. The van der Waals surface area contributed by atoms with Gasteiger partial charge in [-0.3, -0.25) is 0 Å². The molecule has 0 amide bonds. The number of nitrogens with zero attached hydrogens (tertiary/aromatic N) is 1. The summed E-state index contributed by atoms with van der Waals surface area (Å²) in [6.07, 6.45) is 2.52. The van der Waals surface area contributed by atoms with Crippen LogP contribution in [0.5, 0.6) is 0 Å². The number of rotatable bonds is 6. The highest BCUT2D eigenvalue weighted by Gasteiger charge is 2.39. The van der Waals surface area contributed by atoms with Gasteiger partial charge in [0.15, 0.2) is 0 Å². The van der Waals surface area contributed by atoms with E-state index in [0.717, 1.165) is 0 Å². The molecular formula is C18H32N2O2SSi. The molecule has 1 aromatic rings. The summed E-state index contributed by atoms with van der Waals surface area (Å²) in [6, 6.07) is 7.84. The van der Waals surface area contributed by atoms with Gasteiger partial charge in [0.1, 0.15) is 8.24 Å². The topological polar surface area (TPSA) is 49.4 Å². The Morgan fingerprint density at radius 3 is 2.00 bits per heavy atom. The molecule has 136 valence electrons. The summed E-state index contributed by atoms with van der Waals surface area (Å²) < 4.78 is 28.5. The van der Waals surface area contributed by atoms with Crippen LogP contribution in [0.4, 0.5) is 0 Å². The molecular weight excluding hydrogens is 336 g/mol. The zero-order valence-corrected chi connectivity index (χ0v) is 17.9. The third-order valence-electron chi connectivity index (χ3n) is 5.42. The van der Waals surface area contributed by atoms with Crippen molar-refractivity contribution in [3.8, 4) is 0 Å². The van der Waals surface area contributed by atoms with Crippen molar-refractivity contribution in [3.05, 3.63) is 29.8 Å². The fraction of sp³-hybridized carbons (Fsp3) is 0.667. The van der Waals surface area contributed by atoms with Crippen LogP contribution in [-0.2, 0) is 10.0 Å².